The fraction of sp³-hybridized carbons (Fsp3) is 0.375. The van der Waals surface area contributed by atoms with E-state index in [4.69, 9.17) is 0 Å². The van der Waals surface area contributed by atoms with Crippen molar-refractivity contribution in [1.29, 1.82) is 0 Å². The standard InChI is InChI=1S/C8H7BrFN3OS/c1-2-3-4-5(10)6(14)13-8(11-4)15-7(9)12-13/h2-3H2,1H3. The smallest absolute Gasteiger partial charge is 0.264 e. The molecule has 0 saturated carbocycles. The molecule has 2 aromatic heterocycles. The minimum atomic E-state index is -0.799. The van der Waals surface area contributed by atoms with Crippen LogP contribution < -0.4 is 5.56 Å². The molecule has 15 heavy (non-hydrogen) atoms. The first kappa shape index (κ1) is 10.7. The Balaban J connectivity index is 2.76. The van der Waals surface area contributed by atoms with Gasteiger partial charge in [-0.1, -0.05) is 24.7 Å². The van der Waals surface area contributed by atoms with Gasteiger partial charge in [0.15, 0.2) is 3.92 Å². The van der Waals surface area contributed by atoms with E-state index >= 15 is 0 Å². The summed E-state index contributed by atoms with van der Waals surface area (Å²) in [6, 6.07) is 0. The summed E-state index contributed by atoms with van der Waals surface area (Å²) in [5, 5.41) is 3.81. The number of hydrogen-bond acceptors (Lipinski definition) is 4. The molecular weight excluding hydrogens is 285 g/mol. The van der Waals surface area contributed by atoms with Gasteiger partial charge in [0.1, 0.15) is 0 Å². The molecule has 4 nitrogen and oxygen atoms in total. The fourth-order valence-electron chi connectivity index (χ4n) is 1.25. The molecule has 0 radical (unpaired) electrons. The van der Waals surface area contributed by atoms with Gasteiger partial charge in [-0.05, 0) is 22.4 Å². The highest BCUT2D eigenvalue weighted by molar-refractivity contribution is 9.11. The van der Waals surface area contributed by atoms with Crippen molar-refractivity contribution in [3.63, 3.8) is 0 Å². The highest BCUT2D eigenvalue weighted by Crippen LogP contribution is 2.17. The van der Waals surface area contributed by atoms with Crippen LogP contribution in [0.25, 0.3) is 4.96 Å². The Kier molecular flexibility index (Phi) is 2.83. The summed E-state index contributed by atoms with van der Waals surface area (Å²) in [5.41, 5.74) is -0.510. The molecule has 0 saturated heterocycles. The zero-order valence-electron chi connectivity index (χ0n) is 7.83. The molecule has 7 heteroatoms. The van der Waals surface area contributed by atoms with Gasteiger partial charge >= 0.3 is 5.56 Å². The predicted molar refractivity (Wildman–Crippen MR) is 58.8 cm³/mol. The summed E-state index contributed by atoms with van der Waals surface area (Å²) >= 11 is 4.34. The number of nitrogens with zero attached hydrogens (tertiary/aromatic N) is 3. The number of rotatable bonds is 2. The normalized spacial score (nSPS) is 11.1. The van der Waals surface area contributed by atoms with Crippen LogP contribution >= 0.6 is 27.3 Å². The third-order valence-corrected chi connectivity index (χ3v) is 3.23. The van der Waals surface area contributed by atoms with Crippen molar-refractivity contribution in [2.24, 2.45) is 0 Å². The second kappa shape index (κ2) is 3.97. The largest absolute Gasteiger partial charge is 0.311 e. The van der Waals surface area contributed by atoms with Crippen molar-refractivity contribution in [3.8, 4) is 0 Å². The first-order valence-electron chi connectivity index (χ1n) is 4.37. The summed E-state index contributed by atoms with van der Waals surface area (Å²) in [6.07, 6.45) is 1.21. The molecule has 0 atom stereocenters. The monoisotopic (exact) mass is 291 g/mol. The summed E-state index contributed by atoms with van der Waals surface area (Å²) in [5.74, 6) is -0.799. The molecule has 80 valence electrons. The second-order valence-electron chi connectivity index (χ2n) is 2.98. The van der Waals surface area contributed by atoms with Crippen molar-refractivity contribution < 1.29 is 4.39 Å². The topological polar surface area (TPSA) is 47.3 Å². The minimum Gasteiger partial charge on any atom is -0.264 e. The molecule has 0 unspecified atom stereocenters. The van der Waals surface area contributed by atoms with E-state index in [1.165, 1.54) is 11.3 Å². The lowest BCUT2D eigenvalue weighted by atomic mass is 10.2. The molecule has 0 aliphatic rings. The van der Waals surface area contributed by atoms with Crippen LogP contribution in [0.3, 0.4) is 0 Å². The Labute approximate surface area is 96.9 Å². The maximum absolute atomic E-state index is 13.5. The average molecular weight is 292 g/mol. The maximum atomic E-state index is 13.5. The van der Waals surface area contributed by atoms with Crippen LogP contribution in [0, 0.1) is 5.82 Å². The van der Waals surface area contributed by atoms with Gasteiger partial charge in [0.2, 0.25) is 10.8 Å². The molecule has 0 fully saturated rings. The lowest BCUT2D eigenvalue weighted by Gasteiger charge is -1.98. The molecule has 0 N–H and O–H groups in total. The number of aryl methyl sites for hydroxylation is 1. The van der Waals surface area contributed by atoms with Gasteiger partial charge in [-0.3, -0.25) is 4.79 Å². The van der Waals surface area contributed by atoms with Crippen molar-refractivity contribution in [1.82, 2.24) is 14.6 Å². The molecule has 0 amide bonds. The van der Waals surface area contributed by atoms with E-state index in [2.05, 4.69) is 26.0 Å². The fourth-order valence-corrected chi connectivity index (χ4v) is 2.48. The maximum Gasteiger partial charge on any atom is 0.311 e. The summed E-state index contributed by atoms with van der Waals surface area (Å²) in [6.45, 7) is 1.91. The van der Waals surface area contributed by atoms with Crippen LogP contribution in [0.15, 0.2) is 8.71 Å². The van der Waals surface area contributed by atoms with Crippen LogP contribution in [0.2, 0.25) is 0 Å². The lowest BCUT2D eigenvalue weighted by molar-refractivity contribution is 0.567. The Morgan fingerprint density at radius 1 is 1.60 bits per heavy atom. The van der Waals surface area contributed by atoms with Crippen molar-refractivity contribution in [2.75, 3.05) is 0 Å². The average Bonchev–Trinajstić information content (AvgIpc) is 2.56. The van der Waals surface area contributed by atoms with Crippen LogP contribution in [-0.2, 0) is 6.42 Å². The third-order valence-electron chi connectivity index (χ3n) is 1.89. The Hall–Kier alpha value is -0.820. The van der Waals surface area contributed by atoms with Gasteiger partial charge < -0.3 is 0 Å². The molecule has 0 aromatic carbocycles. The van der Waals surface area contributed by atoms with E-state index in [0.29, 0.717) is 15.3 Å². The summed E-state index contributed by atoms with van der Waals surface area (Å²) in [7, 11) is 0. The molecule has 2 rings (SSSR count). The number of aromatic nitrogens is 3. The highest BCUT2D eigenvalue weighted by atomic mass is 79.9. The number of hydrogen-bond donors (Lipinski definition) is 0. The lowest BCUT2D eigenvalue weighted by Crippen LogP contribution is -2.21. The SMILES string of the molecule is CCCc1nc2sc(Br)nn2c(=O)c1F. The van der Waals surface area contributed by atoms with Crippen LogP contribution in [0.1, 0.15) is 19.0 Å². The third kappa shape index (κ3) is 1.81. The molecule has 0 bridgehead atoms. The molecule has 0 aliphatic heterocycles. The minimum absolute atomic E-state index is 0.221. The molecule has 2 heterocycles. The molecule has 0 aliphatic carbocycles. The Bertz CT molecular complexity index is 565. The van der Waals surface area contributed by atoms with Gasteiger partial charge in [0.25, 0.3) is 0 Å². The van der Waals surface area contributed by atoms with E-state index in [1.807, 2.05) is 6.92 Å². The van der Waals surface area contributed by atoms with Crippen LogP contribution in [-0.4, -0.2) is 14.6 Å². The second-order valence-corrected chi connectivity index (χ2v) is 5.21. The van der Waals surface area contributed by atoms with E-state index in [9.17, 15) is 9.18 Å². The van der Waals surface area contributed by atoms with Gasteiger partial charge in [-0.25, -0.2) is 4.98 Å². The number of halogens is 2. The molecule has 2 aromatic rings. The predicted octanol–water partition coefficient (Wildman–Crippen LogP) is 2.01. The zero-order valence-corrected chi connectivity index (χ0v) is 10.2. The molecule has 0 spiro atoms. The highest BCUT2D eigenvalue weighted by Gasteiger charge is 2.14. The van der Waals surface area contributed by atoms with E-state index in [0.717, 1.165) is 10.9 Å². The Morgan fingerprint density at radius 3 is 3.00 bits per heavy atom. The Morgan fingerprint density at radius 2 is 2.33 bits per heavy atom. The van der Waals surface area contributed by atoms with Crippen molar-refractivity contribution in [2.45, 2.75) is 19.8 Å². The molecular formula is C8H7BrFN3OS. The van der Waals surface area contributed by atoms with Gasteiger partial charge in [-0.15, -0.1) is 5.10 Å². The summed E-state index contributed by atoms with van der Waals surface area (Å²) in [4.78, 5) is 16.0. The number of fused-ring (bicyclic) bond motifs is 1. The van der Waals surface area contributed by atoms with E-state index in [-0.39, 0.29) is 5.69 Å². The first-order chi connectivity index (χ1) is 7.13. The van der Waals surface area contributed by atoms with E-state index < -0.39 is 11.4 Å². The zero-order chi connectivity index (χ0) is 11.0. The van der Waals surface area contributed by atoms with Crippen molar-refractivity contribution >= 4 is 32.2 Å². The first-order valence-corrected chi connectivity index (χ1v) is 5.98. The summed E-state index contributed by atoms with van der Waals surface area (Å²) < 4.78 is 15.0. The quantitative estimate of drug-likeness (QED) is 0.850. The van der Waals surface area contributed by atoms with Gasteiger partial charge in [0.05, 0.1) is 5.69 Å². The van der Waals surface area contributed by atoms with Crippen LogP contribution in [0.4, 0.5) is 4.39 Å². The van der Waals surface area contributed by atoms with Crippen molar-refractivity contribution in [3.05, 3.63) is 25.8 Å². The van der Waals surface area contributed by atoms with E-state index in [1.54, 1.807) is 0 Å². The van der Waals surface area contributed by atoms with Crippen LogP contribution in [0.5, 0.6) is 0 Å². The van der Waals surface area contributed by atoms with Gasteiger partial charge in [-0.2, -0.15) is 8.91 Å². The van der Waals surface area contributed by atoms with Gasteiger partial charge in [0, 0.05) is 0 Å².